The van der Waals surface area contributed by atoms with E-state index in [1.807, 2.05) is 0 Å². The molecule has 0 aromatic heterocycles. The van der Waals surface area contributed by atoms with E-state index in [0.717, 1.165) is 0 Å². The minimum absolute atomic E-state index is 0.141. The van der Waals surface area contributed by atoms with E-state index >= 15 is 0 Å². The van der Waals surface area contributed by atoms with Crippen LogP contribution in [0.15, 0.2) is 0 Å². The van der Waals surface area contributed by atoms with Gasteiger partial charge in [0.1, 0.15) is 0 Å². The molecule has 114 valence electrons. The van der Waals surface area contributed by atoms with Crippen molar-refractivity contribution in [1.82, 2.24) is 10.6 Å². The van der Waals surface area contributed by atoms with E-state index < -0.39 is 11.9 Å². The number of rotatable bonds is 8. The summed E-state index contributed by atoms with van der Waals surface area (Å²) in [6, 6.07) is 0. The maximum Gasteiger partial charge on any atom is 0.306 e. The van der Waals surface area contributed by atoms with Crippen molar-refractivity contribution in [3.63, 3.8) is 0 Å². The number of ether oxygens (including phenoxy) is 1. The van der Waals surface area contributed by atoms with Crippen LogP contribution in [0.2, 0.25) is 0 Å². The number of nitrogens with one attached hydrogen (secondary N) is 2. The van der Waals surface area contributed by atoms with Crippen molar-refractivity contribution in [3.8, 4) is 0 Å². The molecule has 0 spiro atoms. The third-order valence-electron chi connectivity index (χ3n) is 3.43. The van der Waals surface area contributed by atoms with Gasteiger partial charge in [-0.3, -0.25) is 14.4 Å². The Balaban J connectivity index is 2.14. The number of carboxylic acids is 1. The summed E-state index contributed by atoms with van der Waals surface area (Å²) in [4.78, 5) is 34.0. The van der Waals surface area contributed by atoms with Crippen LogP contribution < -0.4 is 10.6 Å². The Morgan fingerprint density at radius 1 is 1.15 bits per heavy atom. The second-order valence-electron chi connectivity index (χ2n) is 4.93. The molecule has 7 nitrogen and oxygen atoms in total. The van der Waals surface area contributed by atoms with Gasteiger partial charge in [0, 0.05) is 32.5 Å². The molecule has 0 aromatic carbocycles. The second kappa shape index (κ2) is 8.52. The predicted octanol–water partition coefficient (Wildman–Crippen LogP) is -0.244. The van der Waals surface area contributed by atoms with Gasteiger partial charge in [0.25, 0.3) is 0 Å². The minimum Gasteiger partial charge on any atom is -0.481 e. The van der Waals surface area contributed by atoms with Gasteiger partial charge in [-0.15, -0.1) is 0 Å². The maximum absolute atomic E-state index is 11.8. The zero-order valence-electron chi connectivity index (χ0n) is 11.7. The lowest BCUT2D eigenvalue weighted by molar-refractivity contribution is -0.141. The number of carboxylic acid groups (broad SMARTS) is 1. The number of amides is 2. The van der Waals surface area contributed by atoms with Gasteiger partial charge in [0.15, 0.2) is 0 Å². The number of methoxy groups -OCH3 is 1. The zero-order valence-corrected chi connectivity index (χ0v) is 11.7. The molecule has 3 N–H and O–H groups in total. The van der Waals surface area contributed by atoms with Crippen LogP contribution in [0.3, 0.4) is 0 Å². The van der Waals surface area contributed by atoms with E-state index in [4.69, 9.17) is 9.84 Å². The van der Waals surface area contributed by atoms with Crippen molar-refractivity contribution >= 4 is 17.8 Å². The van der Waals surface area contributed by atoms with E-state index in [1.165, 1.54) is 0 Å². The highest BCUT2D eigenvalue weighted by Gasteiger charge is 2.33. The van der Waals surface area contributed by atoms with Gasteiger partial charge in [-0.2, -0.15) is 0 Å². The van der Waals surface area contributed by atoms with Crippen molar-refractivity contribution in [2.24, 2.45) is 11.8 Å². The number of carbonyl (C=O) groups excluding carboxylic acids is 2. The van der Waals surface area contributed by atoms with Crippen molar-refractivity contribution < 1.29 is 24.2 Å². The van der Waals surface area contributed by atoms with Gasteiger partial charge < -0.3 is 20.5 Å². The molecule has 0 bridgehead atoms. The van der Waals surface area contributed by atoms with Gasteiger partial charge in [0.2, 0.25) is 11.8 Å². The van der Waals surface area contributed by atoms with E-state index in [-0.39, 0.29) is 30.7 Å². The summed E-state index contributed by atoms with van der Waals surface area (Å²) in [7, 11) is 1.55. The third-order valence-corrected chi connectivity index (χ3v) is 3.43. The molecule has 1 aliphatic rings. The van der Waals surface area contributed by atoms with Crippen LogP contribution in [0, 0.1) is 11.8 Å². The molecular weight excluding hydrogens is 264 g/mol. The summed E-state index contributed by atoms with van der Waals surface area (Å²) >= 11 is 0. The minimum atomic E-state index is -0.835. The monoisotopic (exact) mass is 286 g/mol. The van der Waals surface area contributed by atoms with Gasteiger partial charge in [-0.1, -0.05) is 0 Å². The van der Waals surface area contributed by atoms with Crippen LogP contribution in [-0.4, -0.2) is 49.7 Å². The zero-order chi connectivity index (χ0) is 15.0. The van der Waals surface area contributed by atoms with Crippen LogP contribution in [0.1, 0.15) is 25.7 Å². The Kier molecular flexibility index (Phi) is 7.00. The first-order chi connectivity index (χ1) is 9.54. The van der Waals surface area contributed by atoms with Crippen LogP contribution in [0.5, 0.6) is 0 Å². The quantitative estimate of drug-likeness (QED) is 0.534. The smallest absolute Gasteiger partial charge is 0.306 e. The van der Waals surface area contributed by atoms with Crippen LogP contribution in [0.4, 0.5) is 0 Å². The number of hydrogen-bond acceptors (Lipinski definition) is 4. The molecule has 1 aliphatic carbocycles. The first kappa shape index (κ1) is 16.4. The fourth-order valence-corrected chi connectivity index (χ4v) is 2.27. The van der Waals surface area contributed by atoms with E-state index in [0.29, 0.717) is 32.4 Å². The largest absolute Gasteiger partial charge is 0.481 e. The molecule has 0 heterocycles. The van der Waals surface area contributed by atoms with E-state index in [9.17, 15) is 14.4 Å². The Bertz CT molecular complexity index is 359. The first-order valence-corrected chi connectivity index (χ1v) is 6.80. The lowest BCUT2D eigenvalue weighted by atomic mass is 10.0. The molecule has 0 unspecified atom stereocenters. The highest BCUT2D eigenvalue weighted by molar-refractivity contribution is 5.82. The Labute approximate surface area is 118 Å². The van der Waals surface area contributed by atoms with E-state index in [2.05, 4.69) is 10.6 Å². The molecule has 20 heavy (non-hydrogen) atoms. The highest BCUT2D eigenvalue weighted by atomic mass is 16.5. The molecule has 1 saturated carbocycles. The third kappa shape index (κ3) is 5.56. The summed E-state index contributed by atoms with van der Waals surface area (Å²) < 4.78 is 4.80. The lowest BCUT2D eigenvalue weighted by Gasteiger charge is -2.10. The normalized spacial score (nSPS) is 21.4. The summed E-state index contributed by atoms with van der Waals surface area (Å²) in [5, 5.41) is 14.2. The molecule has 0 aliphatic heterocycles. The average molecular weight is 286 g/mol. The molecular formula is C13H22N2O5. The number of aliphatic carboxylic acids is 1. The molecule has 7 heteroatoms. The summed E-state index contributed by atoms with van der Waals surface area (Å²) in [6.07, 6.45) is 1.75. The fraction of sp³-hybridized carbons (Fsp3) is 0.769. The summed E-state index contributed by atoms with van der Waals surface area (Å²) in [5.74, 6) is -1.79. The highest BCUT2D eigenvalue weighted by Crippen LogP contribution is 2.30. The topological polar surface area (TPSA) is 105 Å². The maximum atomic E-state index is 11.8. The molecule has 0 aromatic rings. The summed E-state index contributed by atoms with van der Waals surface area (Å²) in [5.41, 5.74) is 0. The second-order valence-corrected chi connectivity index (χ2v) is 4.93. The van der Waals surface area contributed by atoms with Crippen molar-refractivity contribution in [2.45, 2.75) is 25.7 Å². The average Bonchev–Trinajstić information content (AvgIpc) is 2.88. The first-order valence-electron chi connectivity index (χ1n) is 6.80. The van der Waals surface area contributed by atoms with Crippen molar-refractivity contribution in [3.05, 3.63) is 0 Å². The standard InChI is InChI=1S/C13H22N2O5/c1-20-7-6-14-11(16)4-5-15-12(17)9-2-3-10(8-9)13(18)19/h9-10H,2-8H2,1H3,(H,14,16)(H,15,17)(H,18,19)/t9-,10+/m1/s1. The molecule has 1 fully saturated rings. The molecule has 2 amide bonds. The Hall–Kier alpha value is -1.63. The predicted molar refractivity (Wildman–Crippen MR) is 71.0 cm³/mol. The Morgan fingerprint density at radius 2 is 1.85 bits per heavy atom. The number of hydrogen-bond donors (Lipinski definition) is 3. The van der Waals surface area contributed by atoms with Crippen molar-refractivity contribution in [2.75, 3.05) is 26.8 Å². The van der Waals surface area contributed by atoms with Crippen LogP contribution in [0.25, 0.3) is 0 Å². The summed E-state index contributed by atoms with van der Waals surface area (Å²) in [6.45, 7) is 1.18. The van der Waals surface area contributed by atoms with Gasteiger partial charge in [-0.05, 0) is 19.3 Å². The van der Waals surface area contributed by atoms with Gasteiger partial charge >= 0.3 is 5.97 Å². The molecule has 0 radical (unpaired) electrons. The SMILES string of the molecule is COCCNC(=O)CCNC(=O)[C@@H]1CC[C@H](C(=O)O)C1. The fourth-order valence-electron chi connectivity index (χ4n) is 2.27. The van der Waals surface area contributed by atoms with Crippen LogP contribution in [-0.2, 0) is 19.1 Å². The van der Waals surface area contributed by atoms with E-state index in [1.54, 1.807) is 7.11 Å². The molecule has 2 atom stereocenters. The molecule has 0 saturated heterocycles. The van der Waals surface area contributed by atoms with Crippen molar-refractivity contribution in [1.29, 1.82) is 0 Å². The number of carbonyl (C=O) groups is 3. The lowest BCUT2D eigenvalue weighted by Crippen LogP contribution is -2.34. The van der Waals surface area contributed by atoms with Gasteiger partial charge in [0.05, 0.1) is 12.5 Å². The molecule has 1 rings (SSSR count). The Morgan fingerprint density at radius 3 is 2.45 bits per heavy atom. The van der Waals surface area contributed by atoms with Gasteiger partial charge in [-0.25, -0.2) is 0 Å². The van der Waals surface area contributed by atoms with Crippen LogP contribution >= 0.6 is 0 Å².